The van der Waals surface area contributed by atoms with E-state index in [2.05, 4.69) is 169 Å². The van der Waals surface area contributed by atoms with Gasteiger partial charge in [-0.05, 0) is 92.0 Å². The van der Waals surface area contributed by atoms with Gasteiger partial charge < -0.3 is 4.90 Å². The van der Waals surface area contributed by atoms with Crippen molar-refractivity contribution in [1.82, 2.24) is 0 Å². The van der Waals surface area contributed by atoms with Gasteiger partial charge in [0.25, 0.3) is 0 Å². The molecule has 2 aliphatic carbocycles. The number of rotatable bonds is 4. The number of fused-ring (bicyclic) bond motifs is 7. The minimum atomic E-state index is 0.134. The van der Waals surface area contributed by atoms with Gasteiger partial charge in [-0.25, -0.2) is 0 Å². The SMILES string of the molecule is c1ccc(-c2cccc(N(c3ccc4c5c(cccc35)C3(CC3)c3ccccc3-4)c3cc4ccccc4c4ccccc34)c2)cc1. The summed E-state index contributed by atoms with van der Waals surface area (Å²) in [6.07, 6.45) is 2.43. The first-order chi connectivity index (χ1) is 22.8. The van der Waals surface area contributed by atoms with E-state index in [-0.39, 0.29) is 5.41 Å². The van der Waals surface area contributed by atoms with Gasteiger partial charge in [-0.2, -0.15) is 0 Å². The second kappa shape index (κ2) is 9.67. The fourth-order valence-corrected chi connectivity index (χ4v) is 8.24. The Morgan fingerprint density at radius 3 is 1.96 bits per heavy atom. The van der Waals surface area contributed by atoms with Crippen LogP contribution in [0.1, 0.15) is 24.0 Å². The smallest absolute Gasteiger partial charge is 0.0546 e. The van der Waals surface area contributed by atoms with E-state index in [4.69, 9.17) is 0 Å². The molecular weight excluding hydrogens is 555 g/mol. The van der Waals surface area contributed by atoms with Crippen LogP contribution in [0.3, 0.4) is 0 Å². The summed E-state index contributed by atoms with van der Waals surface area (Å²) in [5.74, 6) is 0. The summed E-state index contributed by atoms with van der Waals surface area (Å²) in [5, 5.41) is 7.76. The van der Waals surface area contributed by atoms with E-state index in [1.165, 1.54) is 89.9 Å². The molecule has 1 fully saturated rings. The molecule has 46 heavy (non-hydrogen) atoms. The molecule has 1 spiro atoms. The van der Waals surface area contributed by atoms with Crippen LogP contribution < -0.4 is 4.90 Å². The predicted octanol–water partition coefficient (Wildman–Crippen LogP) is 12.3. The molecule has 0 unspecified atom stereocenters. The summed E-state index contributed by atoms with van der Waals surface area (Å²) >= 11 is 0. The van der Waals surface area contributed by atoms with E-state index in [0.29, 0.717) is 0 Å². The molecule has 8 aromatic carbocycles. The molecule has 0 aliphatic heterocycles. The first kappa shape index (κ1) is 25.6. The zero-order chi connectivity index (χ0) is 30.2. The molecule has 0 bridgehead atoms. The lowest BCUT2D eigenvalue weighted by molar-refractivity contribution is 0.853. The third kappa shape index (κ3) is 3.63. The van der Waals surface area contributed by atoms with Crippen molar-refractivity contribution in [3.8, 4) is 22.3 Å². The van der Waals surface area contributed by atoms with E-state index in [1.54, 1.807) is 0 Å². The van der Waals surface area contributed by atoms with E-state index >= 15 is 0 Å². The van der Waals surface area contributed by atoms with Crippen LogP contribution in [-0.4, -0.2) is 0 Å². The molecule has 0 radical (unpaired) electrons. The normalized spacial score (nSPS) is 14.1. The van der Waals surface area contributed by atoms with Crippen molar-refractivity contribution >= 4 is 49.4 Å². The lowest BCUT2D eigenvalue weighted by Gasteiger charge is -2.33. The van der Waals surface area contributed by atoms with E-state index in [1.807, 2.05) is 0 Å². The highest BCUT2D eigenvalue weighted by Gasteiger charge is 2.50. The molecule has 0 heterocycles. The summed E-state index contributed by atoms with van der Waals surface area (Å²) in [6.45, 7) is 0. The summed E-state index contributed by atoms with van der Waals surface area (Å²) in [7, 11) is 0. The van der Waals surface area contributed by atoms with Crippen molar-refractivity contribution in [3.05, 3.63) is 175 Å². The topological polar surface area (TPSA) is 3.24 Å². The van der Waals surface area contributed by atoms with Gasteiger partial charge in [0.15, 0.2) is 0 Å². The van der Waals surface area contributed by atoms with Crippen molar-refractivity contribution in [2.45, 2.75) is 18.3 Å². The van der Waals surface area contributed by atoms with Crippen LogP contribution in [0.2, 0.25) is 0 Å². The van der Waals surface area contributed by atoms with E-state index in [9.17, 15) is 0 Å². The first-order valence-electron chi connectivity index (χ1n) is 16.3. The van der Waals surface area contributed by atoms with Crippen LogP contribution >= 0.6 is 0 Å². The van der Waals surface area contributed by atoms with Crippen molar-refractivity contribution in [3.63, 3.8) is 0 Å². The molecule has 1 saturated carbocycles. The zero-order valence-electron chi connectivity index (χ0n) is 25.4. The Morgan fingerprint density at radius 1 is 0.413 bits per heavy atom. The lowest BCUT2D eigenvalue weighted by atomic mass is 9.74. The van der Waals surface area contributed by atoms with Gasteiger partial charge in [0.2, 0.25) is 0 Å². The van der Waals surface area contributed by atoms with E-state index in [0.717, 1.165) is 5.69 Å². The first-order valence-corrected chi connectivity index (χ1v) is 16.3. The third-order valence-electron chi connectivity index (χ3n) is 10.5. The fourth-order valence-electron chi connectivity index (χ4n) is 8.24. The van der Waals surface area contributed by atoms with Gasteiger partial charge >= 0.3 is 0 Å². The van der Waals surface area contributed by atoms with Gasteiger partial charge in [-0.3, -0.25) is 0 Å². The monoisotopic (exact) mass is 585 g/mol. The minimum absolute atomic E-state index is 0.134. The Morgan fingerprint density at radius 2 is 1.09 bits per heavy atom. The Balaban J connectivity index is 1.31. The molecule has 8 aromatic rings. The summed E-state index contributed by atoms with van der Waals surface area (Å²) in [5.41, 5.74) is 11.8. The third-order valence-corrected chi connectivity index (χ3v) is 10.5. The van der Waals surface area contributed by atoms with Crippen molar-refractivity contribution in [2.24, 2.45) is 0 Å². The molecular formula is C45H31N. The molecule has 0 saturated heterocycles. The van der Waals surface area contributed by atoms with Crippen molar-refractivity contribution in [1.29, 1.82) is 0 Å². The second-order valence-electron chi connectivity index (χ2n) is 12.9. The number of anilines is 3. The fraction of sp³-hybridized carbons (Fsp3) is 0.0667. The van der Waals surface area contributed by atoms with Crippen LogP contribution in [-0.2, 0) is 5.41 Å². The number of hydrogen-bond acceptors (Lipinski definition) is 1. The van der Waals surface area contributed by atoms with Crippen LogP contribution in [0.25, 0.3) is 54.6 Å². The average molecular weight is 586 g/mol. The summed E-state index contributed by atoms with van der Waals surface area (Å²) in [6, 6.07) is 60.7. The van der Waals surface area contributed by atoms with Gasteiger partial charge in [0.1, 0.15) is 0 Å². The molecule has 2 aliphatic rings. The maximum atomic E-state index is 2.52. The molecule has 0 atom stereocenters. The van der Waals surface area contributed by atoms with Crippen LogP contribution in [0.15, 0.2) is 164 Å². The molecule has 216 valence electrons. The Bertz CT molecular complexity index is 2490. The Labute approximate surface area is 269 Å². The molecule has 0 aromatic heterocycles. The maximum absolute atomic E-state index is 2.52. The Hall–Kier alpha value is -5.66. The van der Waals surface area contributed by atoms with Gasteiger partial charge in [0.05, 0.1) is 11.4 Å². The van der Waals surface area contributed by atoms with Gasteiger partial charge in [-0.15, -0.1) is 0 Å². The number of nitrogens with zero attached hydrogens (tertiary/aromatic N) is 1. The van der Waals surface area contributed by atoms with Crippen molar-refractivity contribution in [2.75, 3.05) is 4.90 Å². The van der Waals surface area contributed by atoms with Crippen LogP contribution in [0, 0.1) is 0 Å². The molecule has 0 amide bonds. The van der Waals surface area contributed by atoms with Gasteiger partial charge in [-0.1, -0.05) is 140 Å². The van der Waals surface area contributed by atoms with E-state index < -0.39 is 0 Å². The number of benzene rings is 8. The average Bonchev–Trinajstić information content (AvgIpc) is 3.93. The number of hydrogen-bond donors (Lipinski definition) is 0. The van der Waals surface area contributed by atoms with Crippen LogP contribution in [0.4, 0.5) is 17.1 Å². The highest BCUT2D eigenvalue weighted by Crippen LogP contribution is 2.62. The lowest BCUT2D eigenvalue weighted by Crippen LogP contribution is -2.17. The molecule has 1 nitrogen and oxygen atoms in total. The Kier molecular flexibility index (Phi) is 5.39. The maximum Gasteiger partial charge on any atom is 0.0546 e. The summed E-state index contributed by atoms with van der Waals surface area (Å²) in [4.78, 5) is 2.52. The standard InChI is InChI=1S/C45H31N/c1-2-12-30(13-3-1)31-15-10-16-33(28-31)46(43-29-32-14-4-5-17-34(32)35-18-6-7-20-37(35)43)42-25-24-38-36-19-8-9-22-40(36)45(26-27-45)41-23-11-21-39(42)44(38)41/h1-25,28-29H,26-27H2. The quantitative estimate of drug-likeness (QED) is 0.186. The minimum Gasteiger partial charge on any atom is -0.309 e. The van der Waals surface area contributed by atoms with Crippen LogP contribution in [0.5, 0.6) is 0 Å². The zero-order valence-corrected chi connectivity index (χ0v) is 25.4. The van der Waals surface area contributed by atoms with Gasteiger partial charge in [0, 0.05) is 21.9 Å². The highest BCUT2D eigenvalue weighted by molar-refractivity contribution is 6.17. The second-order valence-corrected chi connectivity index (χ2v) is 12.9. The van der Waals surface area contributed by atoms with Crippen molar-refractivity contribution < 1.29 is 0 Å². The predicted molar refractivity (Wildman–Crippen MR) is 195 cm³/mol. The highest BCUT2D eigenvalue weighted by atomic mass is 15.1. The molecule has 0 N–H and O–H groups in total. The largest absolute Gasteiger partial charge is 0.309 e. The summed E-state index contributed by atoms with van der Waals surface area (Å²) < 4.78 is 0. The molecule has 10 rings (SSSR count). The molecule has 1 heteroatoms.